The number of carbonyl (C=O) groups is 2. The molecule has 0 spiro atoms. The summed E-state index contributed by atoms with van der Waals surface area (Å²) in [6.45, 7) is 5.72. The number of carbonyl (C=O) groups excluding carboxylic acids is 2. The molecular weight excluding hydrogens is 336 g/mol. The topological polar surface area (TPSA) is 59.8 Å². The summed E-state index contributed by atoms with van der Waals surface area (Å²) in [6, 6.07) is 9.32. The minimum absolute atomic E-state index is 0.00980. The summed E-state index contributed by atoms with van der Waals surface area (Å²) in [6.07, 6.45) is 1.04. The van der Waals surface area contributed by atoms with Gasteiger partial charge in [-0.05, 0) is 49.6 Å². The Morgan fingerprint density at radius 1 is 1.28 bits per heavy atom. The molecular formula is C19H23N2O3S+. The van der Waals surface area contributed by atoms with Crippen LogP contribution in [-0.2, 0) is 16.0 Å². The molecule has 3 rings (SSSR count). The minimum atomic E-state index is -0.349. The van der Waals surface area contributed by atoms with E-state index >= 15 is 0 Å². The van der Waals surface area contributed by atoms with Gasteiger partial charge in [0.1, 0.15) is 6.04 Å². The fraction of sp³-hybridized carbons (Fsp3) is 0.368. The van der Waals surface area contributed by atoms with E-state index < -0.39 is 0 Å². The minimum Gasteiger partial charge on any atom is -0.462 e. The predicted molar refractivity (Wildman–Crippen MR) is 98.2 cm³/mol. The van der Waals surface area contributed by atoms with Crippen molar-refractivity contribution < 1.29 is 19.2 Å². The zero-order chi connectivity index (χ0) is 17.8. The molecule has 2 aromatic rings. The Morgan fingerprint density at radius 3 is 2.76 bits per heavy atom. The number of thiophene rings is 1. The first-order valence-corrected chi connectivity index (χ1v) is 9.44. The number of benzene rings is 1. The highest BCUT2D eigenvalue weighted by Gasteiger charge is 2.29. The van der Waals surface area contributed by atoms with Crippen molar-refractivity contribution in [2.24, 2.45) is 0 Å². The highest BCUT2D eigenvalue weighted by molar-refractivity contribution is 7.10. The number of hydrogen-bond donors (Lipinski definition) is 2. The van der Waals surface area contributed by atoms with E-state index in [1.807, 2.05) is 11.3 Å². The van der Waals surface area contributed by atoms with Crippen LogP contribution >= 0.6 is 11.3 Å². The van der Waals surface area contributed by atoms with Crippen LogP contribution in [0.5, 0.6) is 0 Å². The molecule has 0 saturated carbocycles. The van der Waals surface area contributed by atoms with Crippen molar-refractivity contribution in [2.75, 3.05) is 25.0 Å². The molecule has 1 unspecified atom stereocenters. The Morgan fingerprint density at radius 2 is 2.04 bits per heavy atom. The molecule has 132 valence electrons. The summed E-state index contributed by atoms with van der Waals surface area (Å²) in [7, 11) is 0. The summed E-state index contributed by atoms with van der Waals surface area (Å²) in [5.74, 6) is -0.358. The van der Waals surface area contributed by atoms with Crippen LogP contribution in [0.1, 0.15) is 40.7 Å². The molecule has 0 fully saturated rings. The zero-order valence-corrected chi connectivity index (χ0v) is 15.3. The van der Waals surface area contributed by atoms with Gasteiger partial charge in [0.15, 0.2) is 6.54 Å². The second-order valence-corrected chi connectivity index (χ2v) is 7.20. The predicted octanol–water partition coefficient (Wildman–Crippen LogP) is 2.07. The molecule has 2 heterocycles. The van der Waals surface area contributed by atoms with Crippen LogP contribution in [0.2, 0.25) is 0 Å². The van der Waals surface area contributed by atoms with E-state index in [2.05, 4.69) is 23.7 Å². The fourth-order valence-corrected chi connectivity index (χ4v) is 4.19. The Bertz CT molecular complexity index is 754. The maximum Gasteiger partial charge on any atom is 0.338 e. The Balaban J connectivity index is 1.57. The van der Waals surface area contributed by atoms with Gasteiger partial charge in [0, 0.05) is 22.5 Å². The molecule has 6 heteroatoms. The van der Waals surface area contributed by atoms with Crippen molar-refractivity contribution in [1.29, 1.82) is 0 Å². The third-order valence-corrected chi connectivity index (χ3v) is 5.60. The lowest BCUT2D eigenvalue weighted by atomic mass is 10.0. The largest absolute Gasteiger partial charge is 0.462 e. The van der Waals surface area contributed by atoms with Gasteiger partial charge in [-0.3, -0.25) is 4.79 Å². The molecule has 0 aliphatic carbocycles. The fourth-order valence-electron chi connectivity index (χ4n) is 3.21. The lowest BCUT2D eigenvalue weighted by Crippen LogP contribution is -3.14. The standard InChI is InChI=1S/C19H22N2O3S/c1-3-24-19(23)14-4-6-15(7-5-14)20-18(22)12-21-10-8-17-16(13(21)2)9-11-25-17/h4-7,9,11,13H,3,8,10,12H2,1-2H3,(H,20,22)/p+1/t13-/m1/s1. The molecule has 0 radical (unpaired) electrons. The van der Waals surface area contributed by atoms with Gasteiger partial charge in [0.25, 0.3) is 5.91 Å². The van der Waals surface area contributed by atoms with Crippen LogP contribution in [0.15, 0.2) is 35.7 Å². The molecule has 25 heavy (non-hydrogen) atoms. The van der Waals surface area contributed by atoms with Gasteiger partial charge in [-0.1, -0.05) is 0 Å². The van der Waals surface area contributed by atoms with Gasteiger partial charge in [0.2, 0.25) is 0 Å². The van der Waals surface area contributed by atoms with Crippen LogP contribution < -0.4 is 10.2 Å². The molecule has 1 amide bonds. The van der Waals surface area contributed by atoms with E-state index in [-0.39, 0.29) is 11.9 Å². The Labute approximate surface area is 151 Å². The molecule has 1 aromatic carbocycles. The average Bonchev–Trinajstić information content (AvgIpc) is 3.08. The van der Waals surface area contributed by atoms with E-state index in [1.54, 1.807) is 31.2 Å². The smallest absolute Gasteiger partial charge is 0.338 e. The third-order valence-electron chi connectivity index (χ3n) is 4.60. The van der Waals surface area contributed by atoms with Crippen molar-refractivity contribution >= 4 is 28.9 Å². The summed E-state index contributed by atoms with van der Waals surface area (Å²) < 4.78 is 4.95. The number of rotatable bonds is 5. The van der Waals surface area contributed by atoms with Crippen molar-refractivity contribution in [3.8, 4) is 0 Å². The van der Waals surface area contributed by atoms with Crippen molar-refractivity contribution in [2.45, 2.75) is 26.3 Å². The number of quaternary nitrogens is 1. The van der Waals surface area contributed by atoms with Gasteiger partial charge in [-0.2, -0.15) is 0 Å². The van der Waals surface area contributed by atoms with Gasteiger partial charge < -0.3 is 15.0 Å². The first-order valence-electron chi connectivity index (χ1n) is 8.56. The second kappa shape index (κ2) is 7.80. The number of nitrogens with one attached hydrogen (secondary N) is 2. The molecule has 5 nitrogen and oxygen atoms in total. The second-order valence-electron chi connectivity index (χ2n) is 6.20. The van der Waals surface area contributed by atoms with Gasteiger partial charge in [-0.25, -0.2) is 4.79 Å². The molecule has 1 aliphatic heterocycles. The van der Waals surface area contributed by atoms with Crippen LogP contribution in [0.25, 0.3) is 0 Å². The quantitative estimate of drug-likeness (QED) is 0.804. The highest BCUT2D eigenvalue weighted by Crippen LogP contribution is 2.24. The number of anilines is 1. The molecule has 0 bridgehead atoms. The van der Waals surface area contributed by atoms with Gasteiger partial charge in [0.05, 0.1) is 18.7 Å². The number of esters is 1. The monoisotopic (exact) mass is 359 g/mol. The summed E-state index contributed by atoms with van der Waals surface area (Å²) >= 11 is 1.81. The summed E-state index contributed by atoms with van der Waals surface area (Å²) in [5, 5.41) is 5.05. The van der Waals surface area contributed by atoms with E-state index in [1.165, 1.54) is 15.3 Å². The lowest BCUT2D eigenvalue weighted by molar-refractivity contribution is -0.923. The molecule has 2 atom stereocenters. The lowest BCUT2D eigenvalue weighted by Gasteiger charge is -2.29. The Kier molecular flexibility index (Phi) is 5.50. The van der Waals surface area contributed by atoms with Crippen molar-refractivity contribution in [1.82, 2.24) is 0 Å². The molecule has 1 aliphatic rings. The normalized spacial score (nSPS) is 19.1. The highest BCUT2D eigenvalue weighted by atomic mass is 32.1. The average molecular weight is 359 g/mol. The van der Waals surface area contributed by atoms with Crippen LogP contribution in [-0.4, -0.2) is 31.6 Å². The van der Waals surface area contributed by atoms with E-state index in [0.717, 1.165) is 13.0 Å². The van der Waals surface area contributed by atoms with Crippen LogP contribution in [0.3, 0.4) is 0 Å². The Hall–Kier alpha value is -2.18. The van der Waals surface area contributed by atoms with Crippen LogP contribution in [0, 0.1) is 0 Å². The molecule has 0 saturated heterocycles. The number of amides is 1. The first kappa shape index (κ1) is 17.6. The first-order chi connectivity index (χ1) is 12.1. The number of ether oxygens (including phenoxy) is 1. The maximum absolute atomic E-state index is 12.4. The molecule has 1 aromatic heterocycles. The maximum atomic E-state index is 12.4. The number of hydrogen-bond acceptors (Lipinski definition) is 4. The summed E-state index contributed by atoms with van der Waals surface area (Å²) in [4.78, 5) is 26.8. The van der Waals surface area contributed by atoms with Crippen molar-refractivity contribution in [3.05, 3.63) is 51.7 Å². The summed E-state index contributed by atoms with van der Waals surface area (Å²) in [5.41, 5.74) is 2.55. The van der Waals surface area contributed by atoms with Crippen molar-refractivity contribution in [3.63, 3.8) is 0 Å². The van der Waals surface area contributed by atoms with Crippen LogP contribution in [0.4, 0.5) is 5.69 Å². The van der Waals surface area contributed by atoms with Gasteiger partial charge in [-0.15, -0.1) is 11.3 Å². The number of fused-ring (bicyclic) bond motifs is 1. The molecule has 2 N–H and O–H groups in total. The zero-order valence-electron chi connectivity index (χ0n) is 14.5. The van der Waals surface area contributed by atoms with E-state index in [9.17, 15) is 9.59 Å². The van der Waals surface area contributed by atoms with E-state index in [4.69, 9.17) is 4.74 Å². The van der Waals surface area contributed by atoms with E-state index in [0.29, 0.717) is 30.4 Å². The van der Waals surface area contributed by atoms with Gasteiger partial charge >= 0.3 is 5.97 Å². The SMILES string of the molecule is CCOC(=O)c1ccc(NC(=O)C[NH+]2CCc3sccc3[C@H]2C)cc1. The third kappa shape index (κ3) is 4.08.